The van der Waals surface area contributed by atoms with Crippen LogP contribution in [0.5, 0.6) is 5.75 Å². The first-order valence-corrected chi connectivity index (χ1v) is 7.04. The molecule has 1 amide bonds. The van der Waals surface area contributed by atoms with Gasteiger partial charge in [0.15, 0.2) is 5.78 Å². The third-order valence-electron chi connectivity index (χ3n) is 3.15. The Hall–Kier alpha value is -2.63. The summed E-state index contributed by atoms with van der Waals surface area (Å²) >= 11 is 0. The molecule has 0 aliphatic rings. The molecule has 0 bridgehead atoms. The molecule has 0 radical (unpaired) electrons. The zero-order valence-electron chi connectivity index (χ0n) is 12.6. The number of aryl methyl sites for hydroxylation is 1. The summed E-state index contributed by atoms with van der Waals surface area (Å²) in [6.07, 6.45) is 2.43. The highest BCUT2D eigenvalue weighted by molar-refractivity contribution is 5.99. The number of hydrogen-bond donors (Lipinski definition) is 1. The number of nitrogens with zero attached hydrogens (tertiary/aromatic N) is 1. The molecule has 2 rings (SSSR count). The van der Waals surface area contributed by atoms with Gasteiger partial charge in [-0.05, 0) is 30.7 Å². The van der Waals surface area contributed by atoms with Gasteiger partial charge in [0, 0.05) is 18.4 Å². The SMILES string of the molecule is CCc1coc(NC(=O)CCC(=O)c2ccc(OC)cc2)n1. The lowest BCUT2D eigenvalue weighted by atomic mass is 10.1. The average molecular weight is 302 g/mol. The molecule has 0 fully saturated rings. The van der Waals surface area contributed by atoms with Gasteiger partial charge in [0.05, 0.1) is 12.8 Å². The van der Waals surface area contributed by atoms with Crippen molar-refractivity contribution in [2.24, 2.45) is 0 Å². The lowest BCUT2D eigenvalue weighted by Crippen LogP contribution is -2.13. The van der Waals surface area contributed by atoms with Crippen LogP contribution in [0.4, 0.5) is 6.01 Å². The molecule has 1 N–H and O–H groups in total. The number of methoxy groups -OCH3 is 1. The molecule has 0 atom stereocenters. The minimum absolute atomic E-state index is 0.0781. The van der Waals surface area contributed by atoms with Crippen LogP contribution in [0.3, 0.4) is 0 Å². The number of rotatable bonds is 7. The van der Waals surface area contributed by atoms with Crippen molar-refractivity contribution in [2.75, 3.05) is 12.4 Å². The van der Waals surface area contributed by atoms with Gasteiger partial charge in [0.1, 0.15) is 12.0 Å². The number of carbonyl (C=O) groups excluding carboxylic acids is 2. The number of ketones is 1. The van der Waals surface area contributed by atoms with Crippen molar-refractivity contribution in [1.82, 2.24) is 4.98 Å². The fourth-order valence-corrected chi connectivity index (χ4v) is 1.86. The summed E-state index contributed by atoms with van der Waals surface area (Å²) in [5.41, 5.74) is 1.32. The molecule has 0 saturated carbocycles. The Morgan fingerprint density at radius 2 is 1.95 bits per heavy atom. The zero-order chi connectivity index (χ0) is 15.9. The van der Waals surface area contributed by atoms with E-state index in [1.807, 2.05) is 6.92 Å². The van der Waals surface area contributed by atoms with E-state index in [2.05, 4.69) is 10.3 Å². The number of ether oxygens (including phenoxy) is 1. The second-order valence-corrected chi connectivity index (χ2v) is 4.70. The van der Waals surface area contributed by atoms with E-state index < -0.39 is 0 Å². The van der Waals surface area contributed by atoms with Gasteiger partial charge in [-0.1, -0.05) is 6.92 Å². The second-order valence-electron chi connectivity index (χ2n) is 4.70. The van der Waals surface area contributed by atoms with Crippen LogP contribution in [0, 0.1) is 0 Å². The summed E-state index contributed by atoms with van der Waals surface area (Å²) in [6.45, 7) is 1.94. The number of aromatic nitrogens is 1. The van der Waals surface area contributed by atoms with Crippen LogP contribution in [0.15, 0.2) is 34.9 Å². The van der Waals surface area contributed by atoms with Crippen LogP contribution in [-0.2, 0) is 11.2 Å². The highest BCUT2D eigenvalue weighted by Crippen LogP contribution is 2.14. The monoisotopic (exact) mass is 302 g/mol. The zero-order valence-corrected chi connectivity index (χ0v) is 12.6. The fourth-order valence-electron chi connectivity index (χ4n) is 1.86. The molecule has 0 unspecified atom stereocenters. The van der Waals surface area contributed by atoms with Crippen molar-refractivity contribution in [3.05, 3.63) is 41.8 Å². The van der Waals surface area contributed by atoms with E-state index >= 15 is 0 Å². The van der Waals surface area contributed by atoms with Crippen molar-refractivity contribution < 1.29 is 18.7 Å². The summed E-state index contributed by atoms with van der Waals surface area (Å²) in [4.78, 5) is 27.8. The number of anilines is 1. The van der Waals surface area contributed by atoms with E-state index in [-0.39, 0.29) is 30.5 Å². The molecule has 0 aliphatic carbocycles. The first-order valence-electron chi connectivity index (χ1n) is 7.04. The standard InChI is InChI=1S/C16H18N2O4/c1-3-12-10-22-16(17-12)18-15(20)9-8-14(19)11-4-6-13(21-2)7-5-11/h4-7,10H,3,8-9H2,1-2H3,(H,17,18,20). The second kappa shape index (κ2) is 7.40. The molecule has 0 aliphatic heterocycles. The first kappa shape index (κ1) is 15.8. The molecular weight excluding hydrogens is 284 g/mol. The molecule has 1 heterocycles. The number of Topliss-reactive ketones (excluding diaryl/α,β-unsaturated/α-hetero) is 1. The maximum atomic E-state index is 12.0. The van der Waals surface area contributed by atoms with Gasteiger partial charge in [0.2, 0.25) is 5.91 Å². The van der Waals surface area contributed by atoms with Crippen LogP contribution < -0.4 is 10.1 Å². The van der Waals surface area contributed by atoms with Gasteiger partial charge in [-0.3, -0.25) is 14.9 Å². The number of benzene rings is 1. The van der Waals surface area contributed by atoms with Gasteiger partial charge in [-0.25, -0.2) is 0 Å². The molecule has 6 nitrogen and oxygen atoms in total. The predicted octanol–water partition coefficient (Wildman–Crippen LogP) is 2.85. The number of nitrogens with one attached hydrogen (secondary N) is 1. The molecule has 0 spiro atoms. The topological polar surface area (TPSA) is 81.4 Å². The first-order chi connectivity index (χ1) is 10.6. The summed E-state index contributed by atoms with van der Waals surface area (Å²) in [5, 5.41) is 2.53. The number of oxazole rings is 1. The lowest BCUT2D eigenvalue weighted by Gasteiger charge is -2.03. The van der Waals surface area contributed by atoms with E-state index in [0.29, 0.717) is 11.3 Å². The lowest BCUT2D eigenvalue weighted by molar-refractivity contribution is -0.116. The van der Waals surface area contributed by atoms with Crippen molar-refractivity contribution in [2.45, 2.75) is 26.2 Å². The van der Waals surface area contributed by atoms with Gasteiger partial charge < -0.3 is 9.15 Å². The van der Waals surface area contributed by atoms with Crippen LogP contribution in [0.2, 0.25) is 0 Å². The summed E-state index contributed by atoms with van der Waals surface area (Å²) in [6, 6.07) is 6.96. The highest BCUT2D eigenvalue weighted by atomic mass is 16.5. The quantitative estimate of drug-likeness (QED) is 0.795. The summed E-state index contributed by atoms with van der Waals surface area (Å²) in [5.74, 6) is 0.288. The average Bonchev–Trinajstić information content (AvgIpc) is 3.00. The van der Waals surface area contributed by atoms with E-state index in [0.717, 1.165) is 12.1 Å². The van der Waals surface area contributed by atoms with Crippen molar-refractivity contribution in [3.8, 4) is 5.75 Å². The molecule has 1 aromatic heterocycles. The third kappa shape index (κ3) is 4.18. The minimum Gasteiger partial charge on any atom is -0.497 e. The van der Waals surface area contributed by atoms with Crippen molar-refractivity contribution >= 4 is 17.7 Å². The van der Waals surface area contributed by atoms with Crippen molar-refractivity contribution in [1.29, 1.82) is 0 Å². The van der Waals surface area contributed by atoms with E-state index in [1.165, 1.54) is 6.26 Å². The predicted molar refractivity (Wildman–Crippen MR) is 81.1 cm³/mol. The van der Waals surface area contributed by atoms with Crippen LogP contribution >= 0.6 is 0 Å². The Labute approximate surface area is 128 Å². The van der Waals surface area contributed by atoms with E-state index in [9.17, 15) is 9.59 Å². The minimum atomic E-state index is -0.300. The van der Waals surface area contributed by atoms with Gasteiger partial charge in [-0.15, -0.1) is 0 Å². The molecule has 2 aromatic rings. The maximum Gasteiger partial charge on any atom is 0.301 e. The van der Waals surface area contributed by atoms with Crippen LogP contribution in [-0.4, -0.2) is 23.8 Å². The highest BCUT2D eigenvalue weighted by Gasteiger charge is 2.11. The fraction of sp³-hybridized carbons (Fsp3) is 0.312. The maximum absolute atomic E-state index is 12.0. The summed E-state index contributed by atoms with van der Waals surface area (Å²) in [7, 11) is 1.56. The largest absolute Gasteiger partial charge is 0.497 e. The summed E-state index contributed by atoms with van der Waals surface area (Å²) < 4.78 is 10.1. The van der Waals surface area contributed by atoms with Crippen LogP contribution in [0.25, 0.3) is 0 Å². The van der Waals surface area contributed by atoms with Crippen LogP contribution in [0.1, 0.15) is 35.8 Å². The Kier molecular flexibility index (Phi) is 5.30. The number of hydrogen-bond acceptors (Lipinski definition) is 5. The van der Waals surface area contributed by atoms with Gasteiger partial charge in [-0.2, -0.15) is 4.98 Å². The Morgan fingerprint density at radius 1 is 1.23 bits per heavy atom. The van der Waals surface area contributed by atoms with E-state index in [1.54, 1.807) is 31.4 Å². The van der Waals surface area contributed by atoms with Gasteiger partial charge >= 0.3 is 6.01 Å². The molecule has 6 heteroatoms. The number of amides is 1. The smallest absolute Gasteiger partial charge is 0.301 e. The Morgan fingerprint density at radius 3 is 2.55 bits per heavy atom. The van der Waals surface area contributed by atoms with E-state index in [4.69, 9.17) is 9.15 Å². The molecule has 0 saturated heterocycles. The normalized spacial score (nSPS) is 10.3. The Bertz CT molecular complexity index is 646. The van der Waals surface area contributed by atoms with Gasteiger partial charge in [0.25, 0.3) is 0 Å². The molecule has 1 aromatic carbocycles. The molecular formula is C16H18N2O4. The molecule has 116 valence electrons. The molecule has 22 heavy (non-hydrogen) atoms. The number of carbonyl (C=O) groups is 2. The third-order valence-corrected chi connectivity index (χ3v) is 3.15. The van der Waals surface area contributed by atoms with Crippen molar-refractivity contribution in [3.63, 3.8) is 0 Å². The Balaban J connectivity index is 1.83.